The minimum atomic E-state index is -2.73. The number of pyridine rings is 1. The Bertz CT molecular complexity index is 1010. The lowest BCUT2D eigenvalue weighted by atomic mass is 10.0. The van der Waals surface area contributed by atoms with Crippen molar-refractivity contribution in [1.29, 1.82) is 0 Å². The monoisotopic (exact) mass is 473 g/mol. The van der Waals surface area contributed by atoms with Crippen LogP contribution in [0.1, 0.15) is 41.7 Å². The van der Waals surface area contributed by atoms with Crippen LogP contribution in [0.25, 0.3) is 0 Å². The van der Waals surface area contributed by atoms with E-state index in [2.05, 4.69) is 10.3 Å². The molecule has 1 saturated heterocycles. The molecule has 2 aromatic rings. The van der Waals surface area contributed by atoms with Crippen molar-refractivity contribution in [3.8, 4) is 5.88 Å². The molecule has 0 radical (unpaired) electrons. The SMILES string of the molecule is COC(=O)CC(CCc1ccccc1)NC(=O)c1ccc(N2CC(F)(F)C2)c(OCC2CC2)n1. The summed E-state index contributed by atoms with van der Waals surface area (Å²) >= 11 is 0. The van der Waals surface area contributed by atoms with Crippen LogP contribution in [-0.2, 0) is 16.0 Å². The predicted octanol–water partition coefficient (Wildman–Crippen LogP) is 3.62. The third-order valence-corrected chi connectivity index (χ3v) is 6.01. The molecule has 1 atom stereocenters. The summed E-state index contributed by atoms with van der Waals surface area (Å²) in [5.74, 6) is -2.99. The van der Waals surface area contributed by atoms with Crippen molar-refractivity contribution in [2.45, 2.75) is 44.1 Å². The molecule has 0 bridgehead atoms. The van der Waals surface area contributed by atoms with E-state index in [9.17, 15) is 18.4 Å². The van der Waals surface area contributed by atoms with E-state index in [0.29, 0.717) is 31.1 Å². The van der Waals surface area contributed by atoms with Crippen LogP contribution >= 0.6 is 0 Å². The van der Waals surface area contributed by atoms with E-state index in [-0.39, 0.29) is 18.0 Å². The molecule has 1 N–H and O–H groups in total. The van der Waals surface area contributed by atoms with Gasteiger partial charge >= 0.3 is 5.97 Å². The molecule has 1 unspecified atom stereocenters. The molecule has 2 aliphatic rings. The van der Waals surface area contributed by atoms with Crippen LogP contribution in [0.3, 0.4) is 0 Å². The zero-order valence-electron chi connectivity index (χ0n) is 19.1. The third kappa shape index (κ3) is 6.42. The van der Waals surface area contributed by atoms with Crippen LogP contribution in [0.5, 0.6) is 5.88 Å². The third-order valence-electron chi connectivity index (χ3n) is 6.01. The van der Waals surface area contributed by atoms with Gasteiger partial charge in [0.15, 0.2) is 0 Å². The van der Waals surface area contributed by atoms with Crippen molar-refractivity contribution in [3.05, 3.63) is 53.7 Å². The molecule has 9 heteroatoms. The van der Waals surface area contributed by atoms with Gasteiger partial charge < -0.3 is 19.7 Å². The minimum Gasteiger partial charge on any atom is -0.476 e. The van der Waals surface area contributed by atoms with Gasteiger partial charge in [-0.05, 0) is 49.3 Å². The zero-order chi connectivity index (χ0) is 24.1. The smallest absolute Gasteiger partial charge is 0.307 e. The summed E-state index contributed by atoms with van der Waals surface area (Å²) in [4.78, 5) is 30.7. The quantitative estimate of drug-likeness (QED) is 0.502. The lowest BCUT2D eigenvalue weighted by molar-refractivity contribution is -0.141. The molecule has 0 spiro atoms. The first-order valence-corrected chi connectivity index (χ1v) is 11.5. The second-order valence-electron chi connectivity index (χ2n) is 8.96. The predicted molar refractivity (Wildman–Crippen MR) is 122 cm³/mol. The average molecular weight is 474 g/mol. The number of anilines is 1. The molecule has 1 aromatic carbocycles. The summed E-state index contributed by atoms with van der Waals surface area (Å²) in [6.45, 7) is -0.362. The number of esters is 1. The zero-order valence-corrected chi connectivity index (χ0v) is 19.1. The highest BCUT2D eigenvalue weighted by molar-refractivity contribution is 5.93. The van der Waals surface area contributed by atoms with Gasteiger partial charge in [0, 0.05) is 6.04 Å². The van der Waals surface area contributed by atoms with E-state index >= 15 is 0 Å². The normalized spacial score (nSPS) is 17.4. The Morgan fingerprint density at radius 3 is 2.56 bits per heavy atom. The van der Waals surface area contributed by atoms with E-state index < -0.39 is 36.9 Å². The van der Waals surface area contributed by atoms with Gasteiger partial charge in [-0.3, -0.25) is 9.59 Å². The molecule has 1 aliphatic carbocycles. The van der Waals surface area contributed by atoms with Gasteiger partial charge in [-0.25, -0.2) is 13.8 Å². The summed E-state index contributed by atoms with van der Waals surface area (Å²) < 4.78 is 37.4. The number of aromatic nitrogens is 1. The van der Waals surface area contributed by atoms with Crippen molar-refractivity contribution in [1.82, 2.24) is 10.3 Å². The summed E-state index contributed by atoms with van der Waals surface area (Å²) in [6.07, 6.45) is 3.37. The summed E-state index contributed by atoms with van der Waals surface area (Å²) in [5, 5.41) is 2.87. The number of carbonyl (C=O) groups excluding carboxylic acids is 2. The number of aryl methyl sites for hydroxylation is 1. The Morgan fingerprint density at radius 2 is 1.91 bits per heavy atom. The van der Waals surface area contributed by atoms with E-state index in [1.165, 1.54) is 18.1 Å². The van der Waals surface area contributed by atoms with Crippen molar-refractivity contribution < 1.29 is 27.8 Å². The number of methoxy groups -OCH3 is 1. The van der Waals surface area contributed by atoms with Gasteiger partial charge in [0.25, 0.3) is 11.8 Å². The maximum atomic E-state index is 13.4. The largest absolute Gasteiger partial charge is 0.476 e. The molecule has 7 nitrogen and oxygen atoms in total. The standard InChI is InChI=1S/C25H29F2N3O4/c1-33-22(31)13-19(10-9-17-5-3-2-4-6-17)28-23(32)20-11-12-21(30-15-25(26,27)16-30)24(29-20)34-14-18-7-8-18/h2-6,11-12,18-19H,7-10,13-16H2,1H3,(H,28,32). The topological polar surface area (TPSA) is 80.8 Å². The van der Waals surface area contributed by atoms with Crippen LogP contribution < -0.4 is 15.0 Å². The van der Waals surface area contributed by atoms with Crippen LogP contribution in [0, 0.1) is 5.92 Å². The number of hydrogen-bond donors (Lipinski definition) is 1. The van der Waals surface area contributed by atoms with Gasteiger partial charge in [-0.2, -0.15) is 0 Å². The molecule has 1 amide bonds. The minimum absolute atomic E-state index is 0.0288. The van der Waals surface area contributed by atoms with Crippen LogP contribution in [0.2, 0.25) is 0 Å². The number of nitrogens with one attached hydrogen (secondary N) is 1. The van der Waals surface area contributed by atoms with E-state index in [1.54, 1.807) is 6.07 Å². The molecule has 182 valence electrons. The van der Waals surface area contributed by atoms with Gasteiger partial charge in [0.1, 0.15) is 11.4 Å². The number of halogens is 2. The maximum Gasteiger partial charge on any atom is 0.307 e. The molecule has 1 aromatic heterocycles. The first-order valence-electron chi connectivity index (χ1n) is 11.5. The van der Waals surface area contributed by atoms with Gasteiger partial charge in [-0.15, -0.1) is 0 Å². The first kappa shape index (κ1) is 23.9. The number of ether oxygens (including phenoxy) is 2. The van der Waals surface area contributed by atoms with Crippen molar-refractivity contribution >= 4 is 17.6 Å². The van der Waals surface area contributed by atoms with E-state index in [1.807, 2.05) is 30.3 Å². The summed E-state index contributed by atoms with van der Waals surface area (Å²) in [5.41, 5.74) is 1.66. The summed E-state index contributed by atoms with van der Waals surface area (Å²) in [7, 11) is 1.31. The van der Waals surface area contributed by atoms with Crippen molar-refractivity contribution in [3.63, 3.8) is 0 Å². The van der Waals surface area contributed by atoms with Gasteiger partial charge in [-0.1, -0.05) is 30.3 Å². The Labute approximate surface area is 197 Å². The van der Waals surface area contributed by atoms with E-state index in [4.69, 9.17) is 9.47 Å². The second kappa shape index (κ2) is 10.4. The van der Waals surface area contributed by atoms with Gasteiger partial charge in [0.05, 0.1) is 33.2 Å². The van der Waals surface area contributed by atoms with E-state index in [0.717, 1.165) is 18.4 Å². The fourth-order valence-electron chi connectivity index (χ4n) is 3.82. The first-order chi connectivity index (χ1) is 16.3. The highest BCUT2D eigenvalue weighted by Gasteiger charge is 2.45. The molecule has 1 saturated carbocycles. The lowest BCUT2D eigenvalue weighted by Crippen LogP contribution is -2.56. The van der Waals surface area contributed by atoms with Crippen LogP contribution in [0.15, 0.2) is 42.5 Å². The van der Waals surface area contributed by atoms with Crippen molar-refractivity contribution in [2.24, 2.45) is 5.92 Å². The molecular formula is C25H29F2N3O4. The highest BCUT2D eigenvalue weighted by Crippen LogP contribution is 2.38. The number of benzene rings is 1. The number of alkyl halides is 2. The number of carbonyl (C=O) groups is 2. The number of nitrogens with zero attached hydrogens (tertiary/aromatic N) is 2. The van der Waals surface area contributed by atoms with Crippen LogP contribution in [0.4, 0.5) is 14.5 Å². The Morgan fingerprint density at radius 1 is 1.18 bits per heavy atom. The molecule has 1 aliphatic heterocycles. The maximum absolute atomic E-state index is 13.4. The fourth-order valence-corrected chi connectivity index (χ4v) is 3.82. The average Bonchev–Trinajstić information content (AvgIpc) is 3.64. The van der Waals surface area contributed by atoms with Gasteiger partial charge in [0.2, 0.25) is 5.88 Å². The fraction of sp³-hybridized carbons (Fsp3) is 0.480. The molecule has 2 heterocycles. The Balaban J connectivity index is 1.46. The van der Waals surface area contributed by atoms with Crippen LogP contribution in [-0.4, -0.2) is 55.6 Å². The Hall–Kier alpha value is -3.23. The number of amides is 1. The Kier molecular flexibility index (Phi) is 7.29. The number of hydrogen-bond acceptors (Lipinski definition) is 6. The molecule has 34 heavy (non-hydrogen) atoms. The molecular weight excluding hydrogens is 444 g/mol. The lowest BCUT2D eigenvalue weighted by Gasteiger charge is -2.40. The molecule has 2 fully saturated rings. The second-order valence-corrected chi connectivity index (χ2v) is 8.96. The summed E-state index contributed by atoms with van der Waals surface area (Å²) in [6, 6.07) is 12.4. The number of rotatable bonds is 11. The highest BCUT2D eigenvalue weighted by atomic mass is 19.3. The molecule has 4 rings (SSSR count). The van der Waals surface area contributed by atoms with Crippen molar-refractivity contribution in [2.75, 3.05) is 31.7 Å².